The fourth-order valence-electron chi connectivity index (χ4n) is 8.15. The van der Waals surface area contributed by atoms with Crippen LogP contribution in [-0.4, -0.2) is 17.9 Å². The molecule has 194 valence electrons. The van der Waals surface area contributed by atoms with Crippen LogP contribution in [0.15, 0.2) is 11.6 Å². The number of allylic oxidation sites excluding steroid dienone is 1. The second-order valence-electron chi connectivity index (χ2n) is 11.9. The summed E-state index contributed by atoms with van der Waals surface area (Å²) in [7, 11) is 0. The van der Waals surface area contributed by atoms with Crippen LogP contribution in [0, 0.1) is 28.6 Å². The maximum absolute atomic E-state index is 12.6. The van der Waals surface area contributed by atoms with Crippen LogP contribution in [0.4, 0.5) is 0 Å². The first-order chi connectivity index (χ1) is 16.4. The van der Waals surface area contributed by atoms with Crippen LogP contribution in [0.25, 0.3) is 0 Å². The molecule has 3 nitrogen and oxygen atoms in total. The van der Waals surface area contributed by atoms with Crippen molar-refractivity contribution in [1.29, 1.82) is 0 Å². The van der Waals surface area contributed by atoms with Gasteiger partial charge in [-0.25, -0.2) is 0 Å². The van der Waals surface area contributed by atoms with Crippen LogP contribution in [-0.2, 0) is 14.3 Å². The SMILES string of the molecule is CC.CCCCCCCCCC(=O)O[C@H]1CC[C@H]2[C@@H]3CCC4=CC(=O)CC[C@]4(C)[C@H]3CC[C@]12C. The quantitative estimate of drug-likeness (QED) is 0.249. The molecule has 0 radical (unpaired) electrons. The summed E-state index contributed by atoms with van der Waals surface area (Å²) in [6.07, 6.45) is 20.1. The van der Waals surface area contributed by atoms with E-state index in [-0.39, 0.29) is 22.9 Å². The number of ether oxygens (including phenoxy) is 1. The second kappa shape index (κ2) is 12.2. The predicted molar refractivity (Wildman–Crippen MR) is 141 cm³/mol. The number of carbonyl (C=O) groups excluding carboxylic acids is 2. The highest BCUT2D eigenvalue weighted by Crippen LogP contribution is 2.65. The smallest absolute Gasteiger partial charge is 0.306 e. The van der Waals surface area contributed by atoms with Crippen molar-refractivity contribution >= 4 is 11.8 Å². The Morgan fingerprint density at radius 1 is 0.912 bits per heavy atom. The third-order valence-corrected chi connectivity index (χ3v) is 10.1. The molecule has 0 bridgehead atoms. The standard InChI is InChI=1S/C29H46O3.C2H6/c1-4-5-6-7-8-9-10-11-27(31)32-26-15-14-24-23-13-12-21-20-22(30)16-18-28(21,2)25(23)17-19-29(24,26)3;1-2/h20,23-26H,4-19H2,1-3H3;1-2H3/t23-,24-,25-,26-,28-,29-;/m0./s1. The Hall–Kier alpha value is -1.12. The molecule has 0 aromatic carbocycles. The molecule has 0 saturated heterocycles. The first-order valence-corrected chi connectivity index (χ1v) is 14.8. The Kier molecular flexibility index (Phi) is 9.87. The second-order valence-corrected chi connectivity index (χ2v) is 11.9. The van der Waals surface area contributed by atoms with Gasteiger partial charge in [0, 0.05) is 18.3 Å². The molecule has 3 fully saturated rings. The fraction of sp³-hybridized carbons (Fsp3) is 0.871. The molecule has 0 aromatic heterocycles. The maximum Gasteiger partial charge on any atom is 0.306 e. The lowest BCUT2D eigenvalue weighted by Crippen LogP contribution is -2.51. The third-order valence-electron chi connectivity index (χ3n) is 10.1. The highest BCUT2D eigenvalue weighted by Gasteiger charge is 2.59. The molecular formula is C31H52O3. The van der Waals surface area contributed by atoms with Crippen LogP contribution < -0.4 is 0 Å². The minimum absolute atomic E-state index is 0.0409. The summed E-state index contributed by atoms with van der Waals surface area (Å²) < 4.78 is 6.16. The minimum atomic E-state index is 0.0409. The number of hydrogen-bond donors (Lipinski definition) is 0. The summed E-state index contributed by atoms with van der Waals surface area (Å²) in [6.45, 7) is 11.1. The molecule has 0 amide bonds. The van der Waals surface area contributed by atoms with E-state index in [1.54, 1.807) is 0 Å². The molecule has 0 N–H and O–H groups in total. The van der Waals surface area contributed by atoms with Gasteiger partial charge < -0.3 is 4.74 Å². The van der Waals surface area contributed by atoms with Crippen LogP contribution in [0.1, 0.15) is 137 Å². The molecular weight excluding hydrogens is 420 g/mol. The minimum Gasteiger partial charge on any atom is -0.462 e. The molecule has 4 aliphatic carbocycles. The van der Waals surface area contributed by atoms with Gasteiger partial charge in [-0.3, -0.25) is 9.59 Å². The van der Waals surface area contributed by atoms with Gasteiger partial charge in [0.25, 0.3) is 0 Å². The number of hydrogen-bond acceptors (Lipinski definition) is 3. The average molecular weight is 473 g/mol. The average Bonchev–Trinajstić information content (AvgIpc) is 3.16. The van der Waals surface area contributed by atoms with Gasteiger partial charge in [-0.05, 0) is 80.6 Å². The van der Waals surface area contributed by atoms with Crippen molar-refractivity contribution in [2.45, 2.75) is 143 Å². The molecule has 0 aliphatic heterocycles. The number of fused-ring (bicyclic) bond motifs is 5. The van der Waals surface area contributed by atoms with Crippen molar-refractivity contribution in [3.63, 3.8) is 0 Å². The lowest BCUT2D eigenvalue weighted by atomic mass is 9.47. The van der Waals surface area contributed by atoms with Gasteiger partial charge in [-0.15, -0.1) is 0 Å². The van der Waals surface area contributed by atoms with Gasteiger partial charge in [-0.1, -0.05) is 78.7 Å². The first-order valence-electron chi connectivity index (χ1n) is 14.8. The van der Waals surface area contributed by atoms with Crippen molar-refractivity contribution in [3.8, 4) is 0 Å². The highest BCUT2D eigenvalue weighted by atomic mass is 16.5. The molecule has 4 aliphatic rings. The summed E-state index contributed by atoms with van der Waals surface area (Å²) in [5.41, 5.74) is 1.82. The lowest BCUT2D eigenvalue weighted by molar-refractivity contribution is -0.160. The Balaban J connectivity index is 0.00000158. The lowest BCUT2D eigenvalue weighted by Gasteiger charge is -2.57. The molecule has 3 saturated carbocycles. The predicted octanol–water partition coefficient (Wildman–Crippen LogP) is 8.60. The van der Waals surface area contributed by atoms with Gasteiger partial charge in [-0.2, -0.15) is 0 Å². The van der Waals surface area contributed by atoms with E-state index in [1.807, 2.05) is 19.9 Å². The number of rotatable bonds is 9. The van der Waals surface area contributed by atoms with E-state index in [0.29, 0.717) is 24.0 Å². The largest absolute Gasteiger partial charge is 0.462 e. The Labute approximate surface area is 209 Å². The number of esters is 1. The van der Waals surface area contributed by atoms with Gasteiger partial charge >= 0.3 is 5.97 Å². The van der Waals surface area contributed by atoms with E-state index in [4.69, 9.17) is 4.74 Å². The summed E-state index contributed by atoms with van der Waals surface area (Å²) in [5.74, 6) is 2.49. The van der Waals surface area contributed by atoms with Crippen molar-refractivity contribution in [2.75, 3.05) is 0 Å². The topological polar surface area (TPSA) is 43.4 Å². The van der Waals surface area contributed by atoms with E-state index in [1.165, 1.54) is 63.4 Å². The molecule has 4 rings (SSSR count). The van der Waals surface area contributed by atoms with E-state index in [0.717, 1.165) is 44.4 Å². The van der Waals surface area contributed by atoms with E-state index in [2.05, 4.69) is 20.8 Å². The van der Waals surface area contributed by atoms with Crippen LogP contribution in [0.5, 0.6) is 0 Å². The van der Waals surface area contributed by atoms with Gasteiger partial charge in [0.1, 0.15) is 6.10 Å². The molecule has 34 heavy (non-hydrogen) atoms. The van der Waals surface area contributed by atoms with Crippen molar-refractivity contribution in [2.24, 2.45) is 28.6 Å². The van der Waals surface area contributed by atoms with Gasteiger partial charge in [0.2, 0.25) is 0 Å². The van der Waals surface area contributed by atoms with E-state index >= 15 is 0 Å². The highest BCUT2D eigenvalue weighted by molar-refractivity contribution is 5.91. The summed E-state index contributed by atoms with van der Waals surface area (Å²) in [5, 5.41) is 0. The summed E-state index contributed by atoms with van der Waals surface area (Å²) in [4.78, 5) is 24.7. The van der Waals surface area contributed by atoms with Crippen molar-refractivity contribution < 1.29 is 14.3 Å². The van der Waals surface area contributed by atoms with Crippen molar-refractivity contribution in [1.82, 2.24) is 0 Å². The number of unbranched alkanes of at least 4 members (excludes halogenated alkanes) is 6. The normalized spacial score (nSPS) is 36.4. The Morgan fingerprint density at radius 3 is 2.35 bits per heavy atom. The van der Waals surface area contributed by atoms with Crippen LogP contribution >= 0.6 is 0 Å². The van der Waals surface area contributed by atoms with Crippen LogP contribution in [0.3, 0.4) is 0 Å². The zero-order valence-corrected chi connectivity index (χ0v) is 22.9. The number of ketones is 1. The summed E-state index contributed by atoms with van der Waals surface area (Å²) >= 11 is 0. The van der Waals surface area contributed by atoms with Gasteiger partial charge in [0.15, 0.2) is 5.78 Å². The maximum atomic E-state index is 12.6. The Morgan fingerprint density at radius 2 is 1.62 bits per heavy atom. The molecule has 6 atom stereocenters. The molecule has 0 aromatic rings. The summed E-state index contributed by atoms with van der Waals surface area (Å²) in [6, 6.07) is 0. The molecule has 0 heterocycles. The van der Waals surface area contributed by atoms with Crippen molar-refractivity contribution in [3.05, 3.63) is 11.6 Å². The molecule has 3 heteroatoms. The third kappa shape index (κ3) is 5.65. The Bertz CT molecular complexity index is 724. The van der Waals surface area contributed by atoms with E-state index < -0.39 is 0 Å². The zero-order valence-electron chi connectivity index (χ0n) is 22.9. The van der Waals surface area contributed by atoms with Gasteiger partial charge in [0.05, 0.1) is 0 Å². The number of carbonyl (C=O) groups is 2. The zero-order chi connectivity index (χ0) is 24.8. The monoisotopic (exact) mass is 472 g/mol. The fourth-order valence-corrected chi connectivity index (χ4v) is 8.15. The van der Waals surface area contributed by atoms with Crippen LogP contribution in [0.2, 0.25) is 0 Å². The molecule has 0 spiro atoms. The van der Waals surface area contributed by atoms with E-state index in [9.17, 15) is 9.59 Å². The molecule has 0 unspecified atom stereocenters. The first kappa shape index (κ1) is 27.5.